The second kappa shape index (κ2) is 3.84. The number of hydrogen-bond acceptors (Lipinski definition) is 4. The van der Waals surface area contributed by atoms with E-state index in [1.165, 1.54) is 13.4 Å². The van der Waals surface area contributed by atoms with Crippen LogP contribution < -0.4 is 4.74 Å². The summed E-state index contributed by atoms with van der Waals surface area (Å²) in [6.07, 6.45) is 1.54. The van der Waals surface area contributed by atoms with Crippen molar-refractivity contribution in [3.05, 3.63) is 23.5 Å². The minimum absolute atomic E-state index is 0.409. The summed E-state index contributed by atoms with van der Waals surface area (Å²) >= 11 is 0. The second-order valence-electron chi connectivity index (χ2n) is 3.37. The van der Waals surface area contributed by atoms with Gasteiger partial charge in [0, 0.05) is 11.6 Å². The summed E-state index contributed by atoms with van der Waals surface area (Å²) in [5, 5.41) is 0. The van der Waals surface area contributed by atoms with Gasteiger partial charge in [-0.3, -0.25) is 0 Å². The van der Waals surface area contributed by atoms with Gasteiger partial charge in [0.15, 0.2) is 0 Å². The van der Waals surface area contributed by atoms with E-state index in [1.807, 2.05) is 6.07 Å². The Morgan fingerprint density at radius 3 is 2.81 bits per heavy atom. The van der Waals surface area contributed by atoms with Crippen molar-refractivity contribution in [2.24, 2.45) is 0 Å². The number of carbonyl (C=O) groups excluding carboxylic acids is 1. The molecule has 0 aliphatic rings. The molecule has 0 radical (unpaired) electrons. The molecule has 16 heavy (non-hydrogen) atoms. The van der Waals surface area contributed by atoms with E-state index in [0.717, 1.165) is 11.1 Å². The summed E-state index contributed by atoms with van der Waals surface area (Å²) in [6, 6.07) is 1.81. The molecule has 2 aromatic rings. The molecular formula is C11H12N2O3. The Hall–Kier alpha value is -2.04. The number of carbonyl (C=O) groups is 1. The minimum atomic E-state index is -0.409. The quantitative estimate of drug-likeness (QED) is 0.782. The van der Waals surface area contributed by atoms with Crippen LogP contribution in [-0.4, -0.2) is 30.2 Å². The Morgan fingerprint density at radius 2 is 2.19 bits per heavy atom. The van der Waals surface area contributed by atoms with Gasteiger partial charge in [0.2, 0.25) is 0 Å². The average Bonchev–Trinajstić information content (AvgIpc) is 2.74. The lowest BCUT2D eigenvalue weighted by Gasteiger charge is -2.09. The number of imidazole rings is 1. The third kappa shape index (κ3) is 1.41. The fraction of sp³-hybridized carbons (Fsp3) is 0.273. The number of aromatic nitrogens is 2. The van der Waals surface area contributed by atoms with Gasteiger partial charge in [-0.05, 0) is 6.92 Å². The fourth-order valence-corrected chi connectivity index (χ4v) is 1.72. The van der Waals surface area contributed by atoms with Crippen LogP contribution in [0, 0.1) is 6.92 Å². The molecule has 1 aromatic carbocycles. The first-order valence-corrected chi connectivity index (χ1v) is 4.78. The molecule has 0 unspecified atom stereocenters. The van der Waals surface area contributed by atoms with Crippen molar-refractivity contribution >= 4 is 17.0 Å². The van der Waals surface area contributed by atoms with Crippen LogP contribution in [0.4, 0.5) is 0 Å². The molecule has 84 valence electrons. The normalized spacial score (nSPS) is 10.4. The fourth-order valence-electron chi connectivity index (χ4n) is 1.72. The Balaban J connectivity index is 2.80. The molecule has 5 nitrogen and oxygen atoms in total. The van der Waals surface area contributed by atoms with E-state index in [9.17, 15) is 4.79 Å². The summed E-state index contributed by atoms with van der Waals surface area (Å²) in [5.41, 5.74) is 2.53. The number of fused-ring (bicyclic) bond motifs is 1. The Labute approximate surface area is 92.4 Å². The highest BCUT2D eigenvalue weighted by Gasteiger charge is 2.19. The molecule has 0 spiro atoms. The first-order valence-electron chi connectivity index (χ1n) is 4.78. The van der Waals surface area contributed by atoms with Crippen molar-refractivity contribution in [3.63, 3.8) is 0 Å². The molecule has 1 aromatic heterocycles. The molecular weight excluding hydrogens is 208 g/mol. The molecule has 0 bridgehead atoms. The Kier molecular flexibility index (Phi) is 2.52. The van der Waals surface area contributed by atoms with Gasteiger partial charge < -0.3 is 14.5 Å². The van der Waals surface area contributed by atoms with Crippen molar-refractivity contribution < 1.29 is 14.3 Å². The predicted molar refractivity (Wildman–Crippen MR) is 58.7 cm³/mol. The summed E-state index contributed by atoms with van der Waals surface area (Å²) < 4.78 is 9.95. The largest absolute Gasteiger partial charge is 0.496 e. The molecule has 2 rings (SSSR count). The number of esters is 1. The van der Waals surface area contributed by atoms with Crippen molar-refractivity contribution in [2.75, 3.05) is 14.2 Å². The molecule has 0 fully saturated rings. The maximum atomic E-state index is 11.7. The van der Waals surface area contributed by atoms with E-state index in [-0.39, 0.29) is 0 Å². The summed E-state index contributed by atoms with van der Waals surface area (Å²) in [4.78, 5) is 18.7. The summed E-state index contributed by atoms with van der Waals surface area (Å²) in [7, 11) is 2.91. The van der Waals surface area contributed by atoms with Crippen LogP contribution >= 0.6 is 0 Å². The number of benzene rings is 1. The number of methoxy groups -OCH3 is 2. The Bertz CT molecular complexity index is 545. The van der Waals surface area contributed by atoms with Crippen molar-refractivity contribution in [2.45, 2.75) is 6.92 Å². The minimum Gasteiger partial charge on any atom is -0.496 e. The first kappa shape index (κ1) is 10.5. The molecule has 1 N–H and O–H groups in total. The van der Waals surface area contributed by atoms with Crippen molar-refractivity contribution in [3.8, 4) is 5.75 Å². The van der Waals surface area contributed by atoms with Crippen molar-refractivity contribution in [1.82, 2.24) is 9.97 Å². The van der Waals surface area contributed by atoms with Gasteiger partial charge in [-0.1, -0.05) is 0 Å². The molecule has 0 saturated carbocycles. The van der Waals surface area contributed by atoms with Crippen LogP contribution in [0.3, 0.4) is 0 Å². The average molecular weight is 220 g/mol. The maximum Gasteiger partial charge on any atom is 0.340 e. The van der Waals surface area contributed by atoms with Crippen LogP contribution in [0.5, 0.6) is 5.75 Å². The lowest BCUT2D eigenvalue weighted by atomic mass is 10.1. The van der Waals surface area contributed by atoms with Crippen LogP contribution in [0.2, 0.25) is 0 Å². The number of ether oxygens (including phenoxy) is 2. The second-order valence-corrected chi connectivity index (χ2v) is 3.37. The smallest absolute Gasteiger partial charge is 0.340 e. The zero-order valence-corrected chi connectivity index (χ0v) is 9.33. The molecule has 0 aliphatic heterocycles. The highest BCUT2D eigenvalue weighted by atomic mass is 16.5. The van der Waals surface area contributed by atoms with E-state index < -0.39 is 5.97 Å². The SMILES string of the molecule is COC(=O)c1c(C)c(OC)cc2[nH]cnc12. The van der Waals surface area contributed by atoms with Gasteiger partial charge in [0.05, 0.1) is 31.6 Å². The lowest BCUT2D eigenvalue weighted by Crippen LogP contribution is -2.06. The van der Waals surface area contributed by atoms with Gasteiger partial charge in [0.25, 0.3) is 0 Å². The number of aromatic amines is 1. The Morgan fingerprint density at radius 1 is 1.44 bits per heavy atom. The zero-order chi connectivity index (χ0) is 11.7. The third-order valence-corrected chi connectivity index (χ3v) is 2.54. The molecule has 0 atom stereocenters. The van der Waals surface area contributed by atoms with Crippen LogP contribution in [0.15, 0.2) is 12.4 Å². The molecule has 5 heteroatoms. The number of nitrogens with one attached hydrogen (secondary N) is 1. The van der Waals surface area contributed by atoms with Crippen LogP contribution in [0.1, 0.15) is 15.9 Å². The van der Waals surface area contributed by atoms with E-state index in [0.29, 0.717) is 16.8 Å². The molecule has 0 saturated heterocycles. The van der Waals surface area contributed by atoms with E-state index in [1.54, 1.807) is 14.0 Å². The zero-order valence-electron chi connectivity index (χ0n) is 9.33. The number of H-pyrrole nitrogens is 1. The number of rotatable bonds is 2. The monoisotopic (exact) mass is 220 g/mol. The van der Waals surface area contributed by atoms with Gasteiger partial charge in [-0.15, -0.1) is 0 Å². The summed E-state index contributed by atoms with van der Waals surface area (Å²) in [6.45, 7) is 1.80. The summed E-state index contributed by atoms with van der Waals surface area (Å²) in [5.74, 6) is 0.227. The van der Waals surface area contributed by atoms with E-state index in [4.69, 9.17) is 9.47 Å². The molecule has 1 heterocycles. The predicted octanol–water partition coefficient (Wildman–Crippen LogP) is 1.67. The van der Waals surface area contributed by atoms with E-state index >= 15 is 0 Å². The maximum absolute atomic E-state index is 11.7. The topological polar surface area (TPSA) is 64.2 Å². The number of nitrogens with zero attached hydrogens (tertiary/aromatic N) is 1. The molecule has 0 aliphatic carbocycles. The highest BCUT2D eigenvalue weighted by Crippen LogP contribution is 2.28. The van der Waals surface area contributed by atoms with E-state index in [2.05, 4.69) is 9.97 Å². The standard InChI is InChI=1S/C11H12N2O3/c1-6-8(15-2)4-7-10(13-5-12-7)9(6)11(14)16-3/h4-5H,1-3H3,(H,12,13). The van der Waals surface area contributed by atoms with Crippen molar-refractivity contribution in [1.29, 1.82) is 0 Å². The first-order chi connectivity index (χ1) is 7.69. The van der Waals surface area contributed by atoms with Gasteiger partial charge in [0.1, 0.15) is 11.3 Å². The van der Waals surface area contributed by atoms with Gasteiger partial charge >= 0.3 is 5.97 Å². The lowest BCUT2D eigenvalue weighted by molar-refractivity contribution is 0.0601. The van der Waals surface area contributed by atoms with Crippen LogP contribution in [0.25, 0.3) is 11.0 Å². The molecule has 0 amide bonds. The van der Waals surface area contributed by atoms with Gasteiger partial charge in [-0.2, -0.15) is 0 Å². The third-order valence-electron chi connectivity index (χ3n) is 2.54. The van der Waals surface area contributed by atoms with Gasteiger partial charge in [-0.25, -0.2) is 9.78 Å². The van der Waals surface area contributed by atoms with Crippen LogP contribution in [-0.2, 0) is 4.74 Å². The number of hydrogen-bond donors (Lipinski definition) is 1. The highest BCUT2D eigenvalue weighted by molar-refractivity contribution is 6.04.